The maximum atomic E-state index is 13.8. The van der Waals surface area contributed by atoms with Crippen molar-refractivity contribution in [3.8, 4) is 16.2 Å². The van der Waals surface area contributed by atoms with Gasteiger partial charge in [-0.05, 0) is 89.3 Å². The Balaban J connectivity index is 1.22. The minimum Gasteiger partial charge on any atom is -0.491 e. The molecule has 1 aliphatic carbocycles. The first-order chi connectivity index (χ1) is 20.4. The maximum Gasteiger partial charge on any atom is 0.410 e. The number of aryl methyl sites for hydroxylation is 2. The average molecular weight is 619 g/mol. The van der Waals surface area contributed by atoms with Gasteiger partial charge in [0.15, 0.2) is 0 Å². The Morgan fingerprint density at radius 1 is 1.16 bits per heavy atom. The van der Waals surface area contributed by atoms with Crippen LogP contribution in [0.15, 0.2) is 48.8 Å². The summed E-state index contributed by atoms with van der Waals surface area (Å²) in [6, 6.07) is 11.5. The Kier molecular flexibility index (Phi) is 7.59. The zero-order valence-corrected chi connectivity index (χ0v) is 26.6. The van der Waals surface area contributed by atoms with Gasteiger partial charge in [0.25, 0.3) is 5.91 Å². The number of carbonyl (C=O) groups excluding carboxylic acids is 2. The molecule has 43 heavy (non-hydrogen) atoms. The third-order valence-electron chi connectivity index (χ3n) is 8.00. The largest absolute Gasteiger partial charge is 0.491 e. The summed E-state index contributed by atoms with van der Waals surface area (Å²) in [6.45, 7) is 10.4. The lowest BCUT2D eigenvalue weighted by molar-refractivity contribution is -0.0141. The highest BCUT2D eigenvalue weighted by molar-refractivity contribution is 7.15. The number of hydrogen-bond donors (Lipinski definition) is 1. The van der Waals surface area contributed by atoms with Crippen LogP contribution in [-0.4, -0.2) is 51.7 Å². The fourth-order valence-corrected chi connectivity index (χ4v) is 6.61. The lowest BCUT2D eigenvalue weighted by Gasteiger charge is -2.41. The molecule has 8 nitrogen and oxygen atoms in total. The number of thiazole rings is 1. The predicted molar refractivity (Wildman–Crippen MR) is 169 cm³/mol. The smallest absolute Gasteiger partial charge is 0.410 e. The topological polar surface area (TPSA) is 93.7 Å². The molecule has 6 rings (SSSR count). The van der Waals surface area contributed by atoms with E-state index in [9.17, 15) is 9.59 Å². The van der Waals surface area contributed by atoms with Gasteiger partial charge in [-0.1, -0.05) is 23.7 Å². The van der Waals surface area contributed by atoms with Crippen molar-refractivity contribution in [3.05, 3.63) is 75.5 Å². The van der Waals surface area contributed by atoms with Crippen LogP contribution in [0.5, 0.6) is 5.75 Å². The minimum atomic E-state index is -0.549. The molecular formula is C33H35ClN4O4S. The van der Waals surface area contributed by atoms with E-state index in [4.69, 9.17) is 21.1 Å². The Labute approximate surface area is 260 Å². The lowest BCUT2D eigenvalue weighted by atomic mass is 9.95. The van der Waals surface area contributed by atoms with Crippen LogP contribution in [0, 0.1) is 13.8 Å². The fourth-order valence-electron chi connectivity index (χ4n) is 5.45. The molecule has 0 bridgehead atoms. The van der Waals surface area contributed by atoms with Crippen LogP contribution in [0.2, 0.25) is 5.02 Å². The van der Waals surface area contributed by atoms with E-state index in [0.29, 0.717) is 35.0 Å². The van der Waals surface area contributed by atoms with E-state index in [1.54, 1.807) is 28.5 Å². The SMILES string of the molecule is Cc1ncc(-c2cc(C3(NC(=O)c4cc(OC[C@@H]5CCN5C(=O)OC(C)(C)C)ccc4C)CC3)c3cccnc3c2Cl)s1. The molecule has 0 radical (unpaired) electrons. The molecule has 3 heterocycles. The van der Waals surface area contributed by atoms with E-state index in [1.807, 2.05) is 65.1 Å². The molecule has 4 aromatic rings. The summed E-state index contributed by atoms with van der Waals surface area (Å²) in [5.74, 6) is 0.419. The quantitative estimate of drug-likeness (QED) is 0.231. The Bertz CT molecular complexity index is 1730. The van der Waals surface area contributed by atoms with E-state index in [0.717, 1.165) is 51.2 Å². The van der Waals surface area contributed by atoms with Gasteiger partial charge < -0.3 is 19.7 Å². The number of pyridine rings is 1. The van der Waals surface area contributed by atoms with Gasteiger partial charge in [0, 0.05) is 35.5 Å². The van der Waals surface area contributed by atoms with Crippen LogP contribution >= 0.6 is 22.9 Å². The monoisotopic (exact) mass is 618 g/mol. The van der Waals surface area contributed by atoms with Gasteiger partial charge in [-0.25, -0.2) is 9.78 Å². The van der Waals surface area contributed by atoms with Crippen molar-refractivity contribution in [1.29, 1.82) is 0 Å². The van der Waals surface area contributed by atoms with Crippen molar-refractivity contribution < 1.29 is 19.1 Å². The number of nitrogens with zero attached hydrogens (tertiary/aromatic N) is 3. The number of carbonyl (C=O) groups is 2. The molecule has 0 spiro atoms. The second-order valence-electron chi connectivity index (χ2n) is 12.4. The summed E-state index contributed by atoms with van der Waals surface area (Å²) < 4.78 is 11.6. The Hall–Kier alpha value is -3.69. The molecule has 1 aliphatic heterocycles. The Morgan fingerprint density at radius 2 is 1.95 bits per heavy atom. The summed E-state index contributed by atoms with van der Waals surface area (Å²) in [7, 11) is 0. The number of fused-ring (bicyclic) bond motifs is 1. The number of aromatic nitrogens is 2. The highest BCUT2D eigenvalue weighted by Crippen LogP contribution is 2.51. The molecule has 0 unspecified atom stereocenters. The molecule has 1 saturated heterocycles. The van der Waals surface area contributed by atoms with E-state index >= 15 is 0 Å². The first kappa shape index (κ1) is 29.4. The highest BCUT2D eigenvalue weighted by atomic mass is 35.5. The number of halogens is 1. The second kappa shape index (κ2) is 11.1. The van der Waals surface area contributed by atoms with Crippen LogP contribution in [0.3, 0.4) is 0 Å². The van der Waals surface area contributed by atoms with Crippen LogP contribution in [0.1, 0.15) is 66.5 Å². The van der Waals surface area contributed by atoms with Gasteiger partial charge in [-0.3, -0.25) is 9.78 Å². The van der Waals surface area contributed by atoms with Crippen molar-refractivity contribution in [2.45, 2.75) is 71.1 Å². The van der Waals surface area contributed by atoms with Crippen LogP contribution in [0.4, 0.5) is 4.79 Å². The number of rotatable bonds is 7. The number of likely N-dealkylation sites (tertiary alicyclic amines) is 1. The summed E-state index contributed by atoms with van der Waals surface area (Å²) >= 11 is 8.46. The number of benzene rings is 2. The maximum absolute atomic E-state index is 13.8. The third kappa shape index (κ3) is 5.93. The summed E-state index contributed by atoms with van der Waals surface area (Å²) in [5, 5.41) is 5.82. The molecule has 1 saturated carbocycles. The van der Waals surface area contributed by atoms with Crippen LogP contribution in [-0.2, 0) is 10.3 Å². The molecule has 1 atom stereocenters. The number of hydrogen-bond acceptors (Lipinski definition) is 7. The molecule has 10 heteroatoms. The molecule has 224 valence electrons. The van der Waals surface area contributed by atoms with E-state index < -0.39 is 11.1 Å². The molecular weight excluding hydrogens is 584 g/mol. The van der Waals surface area contributed by atoms with Crippen LogP contribution < -0.4 is 10.1 Å². The molecule has 2 aromatic carbocycles. The fraction of sp³-hybridized carbons (Fsp3) is 0.394. The van der Waals surface area contributed by atoms with Crippen molar-refractivity contribution >= 4 is 45.8 Å². The second-order valence-corrected chi connectivity index (χ2v) is 14.0. The van der Waals surface area contributed by atoms with Gasteiger partial charge in [-0.2, -0.15) is 0 Å². The third-order valence-corrected chi connectivity index (χ3v) is 9.33. The predicted octanol–water partition coefficient (Wildman–Crippen LogP) is 7.44. The molecule has 1 N–H and O–H groups in total. The highest BCUT2D eigenvalue weighted by Gasteiger charge is 2.47. The molecule has 2 amide bonds. The summed E-state index contributed by atoms with van der Waals surface area (Å²) in [5.41, 5.74) is 2.92. The zero-order chi connectivity index (χ0) is 30.5. The number of ether oxygens (including phenoxy) is 2. The van der Waals surface area contributed by atoms with Gasteiger partial charge in [0.2, 0.25) is 0 Å². The standard InChI is InChI=1S/C33H35ClN4O4S/c1-19-8-9-22(41-18-21-10-14-38(21)31(40)42-32(3,4)5)15-24(19)30(39)37-33(11-12-33)26-16-25(27-17-36-20(2)43-27)28(34)29-23(26)7-6-13-35-29/h6-9,13,15-17,21H,10-12,14,18H2,1-5H3,(H,37,39)/t21-/m0/s1. The van der Waals surface area contributed by atoms with Gasteiger partial charge in [0.1, 0.15) is 18.0 Å². The van der Waals surface area contributed by atoms with Gasteiger partial charge in [0.05, 0.1) is 32.0 Å². The number of nitrogens with one attached hydrogen (secondary N) is 1. The Morgan fingerprint density at radius 3 is 2.60 bits per heavy atom. The molecule has 2 aromatic heterocycles. The normalized spacial score (nSPS) is 17.3. The van der Waals surface area contributed by atoms with Gasteiger partial charge in [-0.15, -0.1) is 11.3 Å². The van der Waals surface area contributed by atoms with Gasteiger partial charge >= 0.3 is 6.09 Å². The first-order valence-electron chi connectivity index (χ1n) is 14.5. The van der Waals surface area contributed by atoms with E-state index in [1.165, 1.54) is 0 Å². The molecule has 2 fully saturated rings. The van der Waals surface area contributed by atoms with E-state index in [-0.39, 0.29) is 18.0 Å². The lowest BCUT2D eigenvalue weighted by Crippen LogP contribution is -2.55. The van der Waals surface area contributed by atoms with Crippen molar-refractivity contribution in [3.63, 3.8) is 0 Å². The molecule has 2 aliphatic rings. The average Bonchev–Trinajstić information content (AvgIpc) is 3.57. The minimum absolute atomic E-state index is 0.0634. The summed E-state index contributed by atoms with van der Waals surface area (Å²) in [6.07, 6.45) is 5.70. The number of amides is 2. The first-order valence-corrected chi connectivity index (χ1v) is 15.7. The van der Waals surface area contributed by atoms with Crippen molar-refractivity contribution in [2.24, 2.45) is 0 Å². The van der Waals surface area contributed by atoms with Crippen molar-refractivity contribution in [1.82, 2.24) is 20.2 Å². The zero-order valence-electron chi connectivity index (χ0n) is 25.0. The summed E-state index contributed by atoms with van der Waals surface area (Å²) in [4.78, 5) is 38.0. The van der Waals surface area contributed by atoms with Crippen molar-refractivity contribution in [2.75, 3.05) is 13.2 Å². The van der Waals surface area contributed by atoms with E-state index in [2.05, 4.69) is 21.4 Å². The van der Waals surface area contributed by atoms with Crippen LogP contribution in [0.25, 0.3) is 21.3 Å².